The van der Waals surface area contributed by atoms with Gasteiger partial charge in [-0.25, -0.2) is 0 Å². The third kappa shape index (κ3) is 2.42. The summed E-state index contributed by atoms with van der Waals surface area (Å²) in [5.41, 5.74) is 1.86. The maximum atomic E-state index is 6.27. The van der Waals surface area contributed by atoms with Crippen molar-refractivity contribution in [3.8, 4) is 5.69 Å². The van der Waals surface area contributed by atoms with E-state index in [2.05, 4.69) is 34.5 Å². The Morgan fingerprint density at radius 3 is 2.59 bits per heavy atom. The summed E-state index contributed by atoms with van der Waals surface area (Å²) in [5.74, 6) is 0.919. The van der Waals surface area contributed by atoms with Gasteiger partial charge in [0.25, 0.3) is 0 Å². The van der Waals surface area contributed by atoms with Gasteiger partial charge in [-0.3, -0.25) is 4.90 Å². The van der Waals surface area contributed by atoms with E-state index in [0.29, 0.717) is 0 Å². The van der Waals surface area contributed by atoms with Gasteiger partial charge in [0.15, 0.2) is 5.82 Å². The lowest BCUT2D eigenvalue weighted by Crippen LogP contribution is -2.45. The van der Waals surface area contributed by atoms with Crippen LogP contribution in [0.15, 0.2) is 18.2 Å². The van der Waals surface area contributed by atoms with E-state index in [1.807, 2.05) is 29.8 Å². The maximum Gasteiger partial charge on any atom is 0.176 e. The number of benzene rings is 1. The zero-order chi connectivity index (χ0) is 15.7. The largest absolute Gasteiger partial charge is 0.297 e. The highest BCUT2D eigenvalue weighted by molar-refractivity contribution is 6.31. The van der Waals surface area contributed by atoms with Crippen molar-refractivity contribution in [3.63, 3.8) is 0 Å². The Hall–Kier alpha value is -1.46. The number of hydrogen-bond acceptors (Lipinski definition) is 4. The average molecular weight is 320 g/mol. The van der Waals surface area contributed by atoms with Crippen LogP contribution in [0.1, 0.15) is 43.5 Å². The molecule has 2 aromatic rings. The summed E-state index contributed by atoms with van der Waals surface area (Å²) >= 11 is 6.27. The molecule has 1 aromatic heterocycles. The molecule has 0 N–H and O–H groups in total. The predicted octanol–water partition coefficient (Wildman–Crippen LogP) is 3.35. The SMILES string of the molecule is Cc1c(Cl)cccc1-n1nnnc1C1(N(C)C)CCCCC1. The van der Waals surface area contributed by atoms with Crippen LogP contribution in [0.2, 0.25) is 5.02 Å². The van der Waals surface area contributed by atoms with Gasteiger partial charge in [-0.2, -0.15) is 4.68 Å². The molecule has 118 valence electrons. The van der Waals surface area contributed by atoms with Crippen molar-refractivity contribution in [3.05, 3.63) is 34.6 Å². The Balaban J connectivity index is 2.13. The van der Waals surface area contributed by atoms with Gasteiger partial charge in [0.05, 0.1) is 11.2 Å². The van der Waals surface area contributed by atoms with Crippen molar-refractivity contribution in [2.45, 2.75) is 44.6 Å². The average Bonchev–Trinajstić information content (AvgIpc) is 3.00. The molecule has 0 amide bonds. The summed E-state index contributed by atoms with van der Waals surface area (Å²) < 4.78 is 1.87. The fraction of sp³-hybridized carbons (Fsp3) is 0.562. The number of hydrogen-bond donors (Lipinski definition) is 0. The molecule has 1 aliphatic rings. The van der Waals surface area contributed by atoms with Crippen LogP contribution in [0.25, 0.3) is 5.69 Å². The van der Waals surface area contributed by atoms with E-state index >= 15 is 0 Å². The third-order valence-electron chi connectivity index (χ3n) is 4.89. The van der Waals surface area contributed by atoms with Crippen molar-refractivity contribution < 1.29 is 0 Å². The number of tetrazole rings is 1. The second kappa shape index (κ2) is 5.97. The van der Waals surface area contributed by atoms with E-state index in [1.165, 1.54) is 19.3 Å². The van der Waals surface area contributed by atoms with E-state index in [4.69, 9.17) is 11.6 Å². The Bertz CT molecular complexity index is 658. The molecule has 1 saturated carbocycles. The lowest BCUT2D eigenvalue weighted by atomic mass is 9.80. The Labute approximate surface area is 136 Å². The van der Waals surface area contributed by atoms with Gasteiger partial charge < -0.3 is 0 Å². The predicted molar refractivity (Wildman–Crippen MR) is 87.4 cm³/mol. The molecule has 6 heteroatoms. The molecule has 1 fully saturated rings. The highest BCUT2D eigenvalue weighted by atomic mass is 35.5. The highest BCUT2D eigenvalue weighted by Gasteiger charge is 2.41. The molecule has 1 aliphatic carbocycles. The van der Waals surface area contributed by atoms with Crippen LogP contribution in [0, 0.1) is 6.92 Å². The zero-order valence-corrected chi connectivity index (χ0v) is 14.1. The first kappa shape index (κ1) is 15.4. The van der Waals surface area contributed by atoms with Gasteiger partial charge in [-0.05, 0) is 62.0 Å². The third-order valence-corrected chi connectivity index (χ3v) is 5.30. The second-order valence-corrected chi connectivity index (χ2v) is 6.69. The lowest BCUT2D eigenvalue weighted by molar-refractivity contribution is 0.0865. The number of aromatic nitrogens is 4. The molecule has 22 heavy (non-hydrogen) atoms. The monoisotopic (exact) mass is 319 g/mol. The zero-order valence-electron chi connectivity index (χ0n) is 13.4. The second-order valence-electron chi connectivity index (χ2n) is 6.28. The first-order chi connectivity index (χ1) is 10.6. The van der Waals surface area contributed by atoms with Crippen LogP contribution in [0.4, 0.5) is 0 Å². The molecule has 0 unspecified atom stereocenters. The van der Waals surface area contributed by atoms with Crippen LogP contribution in [-0.2, 0) is 5.54 Å². The smallest absolute Gasteiger partial charge is 0.176 e. The van der Waals surface area contributed by atoms with Gasteiger partial charge in [-0.15, -0.1) is 5.10 Å². The molecule has 0 aliphatic heterocycles. The molecular formula is C16H22ClN5. The standard InChI is InChI=1S/C16H22ClN5/c1-12-13(17)8-7-9-14(12)22-15(18-19-20-22)16(21(2)3)10-5-4-6-11-16/h7-9H,4-6,10-11H2,1-3H3. The van der Waals surface area contributed by atoms with Gasteiger partial charge in [-0.1, -0.05) is 36.9 Å². The fourth-order valence-corrected chi connectivity index (χ4v) is 3.64. The summed E-state index contributed by atoms with van der Waals surface area (Å²) in [6.45, 7) is 2.01. The summed E-state index contributed by atoms with van der Waals surface area (Å²) in [5, 5.41) is 13.4. The quantitative estimate of drug-likeness (QED) is 0.870. The van der Waals surface area contributed by atoms with E-state index in [-0.39, 0.29) is 5.54 Å². The van der Waals surface area contributed by atoms with Crippen molar-refractivity contribution in [1.29, 1.82) is 0 Å². The summed E-state index contributed by atoms with van der Waals surface area (Å²) in [4.78, 5) is 2.27. The summed E-state index contributed by atoms with van der Waals surface area (Å²) in [6, 6.07) is 5.86. The minimum atomic E-state index is -0.101. The van der Waals surface area contributed by atoms with E-state index in [9.17, 15) is 0 Å². The topological polar surface area (TPSA) is 46.8 Å². The van der Waals surface area contributed by atoms with Crippen LogP contribution >= 0.6 is 11.6 Å². The Kier molecular flexibility index (Phi) is 4.19. The van der Waals surface area contributed by atoms with Crippen LogP contribution in [0.3, 0.4) is 0 Å². The maximum absolute atomic E-state index is 6.27. The van der Waals surface area contributed by atoms with Crippen molar-refractivity contribution in [1.82, 2.24) is 25.1 Å². The molecule has 0 saturated heterocycles. The lowest BCUT2D eigenvalue weighted by Gasteiger charge is -2.41. The van der Waals surface area contributed by atoms with Crippen molar-refractivity contribution in [2.75, 3.05) is 14.1 Å². The van der Waals surface area contributed by atoms with Crippen LogP contribution in [0.5, 0.6) is 0 Å². The fourth-order valence-electron chi connectivity index (χ4n) is 3.47. The first-order valence-electron chi connectivity index (χ1n) is 7.78. The molecular weight excluding hydrogens is 298 g/mol. The minimum Gasteiger partial charge on any atom is -0.297 e. The van der Waals surface area contributed by atoms with Crippen molar-refractivity contribution in [2.24, 2.45) is 0 Å². The van der Waals surface area contributed by atoms with E-state index in [1.54, 1.807) is 0 Å². The van der Waals surface area contributed by atoms with Crippen LogP contribution < -0.4 is 0 Å². The number of rotatable bonds is 3. The van der Waals surface area contributed by atoms with E-state index < -0.39 is 0 Å². The molecule has 0 spiro atoms. The molecule has 0 atom stereocenters. The Morgan fingerprint density at radius 2 is 1.91 bits per heavy atom. The number of nitrogens with zero attached hydrogens (tertiary/aromatic N) is 5. The molecule has 0 radical (unpaired) electrons. The van der Waals surface area contributed by atoms with Crippen molar-refractivity contribution >= 4 is 11.6 Å². The van der Waals surface area contributed by atoms with Gasteiger partial charge in [0, 0.05) is 5.02 Å². The first-order valence-corrected chi connectivity index (χ1v) is 8.16. The summed E-state index contributed by atoms with van der Waals surface area (Å²) in [7, 11) is 4.24. The Morgan fingerprint density at radius 1 is 1.18 bits per heavy atom. The van der Waals surface area contributed by atoms with Gasteiger partial charge >= 0.3 is 0 Å². The van der Waals surface area contributed by atoms with Gasteiger partial charge in [0.2, 0.25) is 0 Å². The highest BCUT2D eigenvalue weighted by Crippen LogP contribution is 2.40. The van der Waals surface area contributed by atoms with Gasteiger partial charge in [0.1, 0.15) is 0 Å². The molecule has 3 rings (SSSR count). The molecule has 1 aromatic carbocycles. The summed E-state index contributed by atoms with van der Waals surface area (Å²) in [6.07, 6.45) is 5.87. The normalized spacial score (nSPS) is 17.9. The molecule has 0 bridgehead atoms. The van der Waals surface area contributed by atoms with E-state index in [0.717, 1.165) is 34.9 Å². The minimum absolute atomic E-state index is 0.101. The molecule has 1 heterocycles. The van der Waals surface area contributed by atoms with Crippen LogP contribution in [-0.4, -0.2) is 39.2 Å². The number of halogens is 1. The molecule has 5 nitrogen and oxygen atoms in total.